The normalized spacial score (nSPS) is 15.0. The van der Waals surface area contributed by atoms with Gasteiger partial charge in [0.25, 0.3) is 5.56 Å². The molecule has 1 amide bonds. The predicted octanol–water partition coefficient (Wildman–Crippen LogP) is 3.98. The summed E-state index contributed by atoms with van der Waals surface area (Å²) in [5, 5.41) is 0.898. The van der Waals surface area contributed by atoms with Gasteiger partial charge in [0.2, 0.25) is 5.91 Å². The van der Waals surface area contributed by atoms with Crippen molar-refractivity contribution in [1.29, 1.82) is 0 Å². The first kappa shape index (κ1) is 20.5. The maximum atomic E-state index is 14.0. The molecular formula is C23H23ClFN3O2. The zero-order chi connectivity index (χ0) is 21.3. The Bertz CT molecular complexity index is 1130. The standard InChI is InChI=1S/C23H23ClFN3O2/c1-15-26-21-8-3-2-5-17(21)23(30)28(15)14-16-9-11-27(12-10-16)22(29)13-18-19(24)6-4-7-20(18)25/h2-8,16H,9-14H2,1H3. The Hall–Kier alpha value is -2.73. The topological polar surface area (TPSA) is 55.2 Å². The number of fused-ring (bicyclic) bond motifs is 1. The van der Waals surface area contributed by atoms with Crippen LogP contribution < -0.4 is 5.56 Å². The Labute approximate surface area is 179 Å². The SMILES string of the molecule is Cc1nc2ccccc2c(=O)n1CC1CCN(C(=O)Cc2c(F)cccc2Cl)CC1. The molecule has 1 saturated heterocycles. The molecule has 2 heterocycles. The van der Waals surface area contributed by atoms with Crippen LogP contribution in [0.1, 0.15) is 24.2 Å². The van der Waals surface area contributed by atoms with Crippen molar-refractivity contribution in [2.45, 2.75) is 32.7 Å². The van der Waals surface area contributed by atoms with Crippen molar-refractivity contribution in [3.8, 4) is 0 Å². The van der Waals surface area contributed by atoms with E-state index < -0.39 is 5.82 Å². The van der Waals surface area contributed by atoms with E-state index in [0.29, 0.717) is 36.4 Å². The number of hydrogen-bond donors (Lipinski definition) is 0. The van der Waals surface area contributed by atoms with Gasteiger partial charge in [0.15, 0.2) is 0 Å². The lowest BCUT2D eigenvalue weighted by molar-refractivity contribution is -0.131. The molecule has 0 saturated carbocycles. The van der Waals surface area contributed by atoms with Gasteiger partial charge in [-0.15, -0.1) is 0 Å². The maximum absolute atomic E-state index is 14.0. The highest BCUT2D eigenvalue weighted by Crippen LogP contribution is 2.23. The average molecular weight is 428 g/mol. The molecule has 30 heavy (non-hydrogen) atoms. The lowest BCUT2D eigenvalue weighted by Gasteiger charge is -2.32. The van der Waals surface area contributed by atoms with Crippen LogP contribution in [0.3, 0.4) is 0 Å². The fourth-order valence-electron chi connectivity index (χ4n) is 4.08. The molecule has 0 atom stereocenters. The number of piperidine rings is 1. The first-order valence-corrected chi connectivity index (χ1v) is 10.5. The molecule has 0 spiro atoms. The number of para-hydroxylation sites is 1. The van der Waals surface area contributed by atoms with Gasteiger partial charge < -0.3 is 4.90 Å². The summed E-state index contributed by atoms with van der Waals surface area (Å²) in [4.78, 5) is 31.8. The molecular weight excluding hydrogens is 405 g/mol. The molecule has 0 aliphatic carbocycles. The van der Waals surface area contributed by atoms with E-state index in [1.54, 1.807) is 21.6 Å². The Balaban J connectivity index is 1.41. The molecule has 0 N–H and O–H groups in total. The number of aryl methyl sites for hydroxylation is 1. The number of likely N-dealkylation sites (tertiary alicyclic amines) is 1. The van der Waals surface area contributed by atoms with Gasteiger partial charge >= 0.3 is 0 Å². The van der Waals surface area contributed by atoms with Gasteiger partial charge in [0.1, 0.15) is 11.6 Å². The fourth-order valence-corrected chi connectivity index (χ4v) is 4.31. The number of nitrogens with zero attached hydrogens (tertiary/aromatic N) is 3. The molecule has 1 aliphatic heterocycles. The van der Waals surface area contributed by atoms with Crippen LogP contribution >= 0.6 is 11.6 Å². The highest BCUT2D eigenvalue weighted by molar-refractivity contribution is 6.31. The van der Waals surface area contributed by atoms with Crippen LogP contribution in [0, 0.1) is 18.7 Å². The third kappa shape index (κ3) is 4.10. The van der Waals surface area contributed by atoms with Crippen LogP contribution in [0.15, 0.2) is 47.3 Å². The number of rotatable bonds is 4. The van der Waals surface area contributed by atoms with E-state index in [-0.39, 0.29) is 34.4 Å². The lowest BCUT2D eigenvalue weighted by Crippen LogP contribution is -2.41. The zero-order valence-corrected chi connectivity index (χ0v) is 17.5. The van der Waals surface area contributed by atoms with E-state index in [4.69, 9.17) is 11.6 Å². The van der Waals surface area contributed by atoms with Gasteiger partial charge in [-0.2, -0.15) is 0 Å². The second-order valence-electron chi connectivity index (χ2n) is 7.79. The smallest absolute Gasteiger partial charge is 0.261 e. The Kier molecular flexibility index (Phi) is 5.86. The number of aromatic nitrogens is 2. The van der Waals surface area contributed by atoms with Crippen molar-refractivity contribution in [3.63, 3.8) is 0 Å². The molecule has 4 rings (SSSR count). The van der Waals surface area contributed by atoms with Gasteiger partial charge in [0.05, 0.1) is 17.3 Å². The molecule has 7 heteroatoms. The number of benzene rings is 2. The van der Waals surface area contributed by atoms with Crippen LogP contribution in [-0.4, -0.2) is 33.4 Å². The van der Waals surface area contributed by atoms with Crippen LogP contribution in [0.25, 0.3) is 10.9 Å². The molecule has 0 radical (unpaired) electrons. The monoisotopic (exact) mass is 427 g/mol. The minimum atomic E-state index is -0.454. The predicted molar refractivity (Wildman–Crippen MR) is 115 cm³/mol. The van der Waals surface area contributed by atoms with Crippen molar-refractivity contribution in [2.24, 2.45) is 5.92 Å². The average Bonchev–Trinajstić information content (AvgIpc) is 2.74. The summed E-state index contributed by atoms with van der Waals surface area (Å²) in [5.74, 6) is 0.405. The summed E-state index contributed by atoms with van der Waals surface area (Å²) in [6.45, 7) is 3.61. The summed E-state index contributed by atoms with van der Waals surface area (Å²) < 4.78 is 15.7. The Morgan fingerprint density at radius 2 is 1.90 bits per heavy atom. The van der Waals surface area contributed by atoms with E-state index in [0.717, 1.165) is 12.8 Å². The number of carbonyl (C=O) groups is 1. The number of amides is 1. The minimum absolute atomic E-state index is 0.0224. The fraction of sp³-hybridized carbons (Fsp3) is 0.348. The molecule has 0 bridgehead atoms. The highest BCUT2D eigenvalue weighted by atomic mass is 35.5. The second kappa shape index (κ2) is 8.56. The van der Waals surface area contributed by atoms with Crippen LogP contribution in [0.2, 0.25) is 5.02 Å². The molecule has 2 aromatic carbocycles. The van der Waals surface area contributed by atoms with Crippen molar-refractivity contribution < 1.29 is 9.18 Å². The van der Waals surface area contributed by atoms with Gasteiger partial charge in [-0.3, -0.25) is 14.2 Å². The van der Waals surface area contributed by atoms with Gasteiger partial charge in [-0.25, -0.2) is 9.37 Å². The molecule has 156 valence electrons. The largest absolute Gasteiger partial charge is 0.342 e. The van der Waals surface area contributed by atoms with E-state index >= 15 is 0 Å². The van der Waals surface area contributed by atoms with Crippen LogP contribution in [0.5, 0.6) is 0 Å². The molecule has 0 unspecified atom stereocenters. The minimum Gasteiger partial charge on any atom is -0.342 e. The quantitative estimate of drug-likeness (QED) is 0.632. The summed E-state index contributed by atoms with van der Waals surface area (Å²) in [7, 11) is 0. The lowest BCUT2D eigenvalue weighted by atomic mass is 9.96. The Morgan fingerprint density at radius 1 is 1.17 bits per heavy atom. The first-order valence-electron chi connectivity index (χ1n) is 10.1. The van der Waals surface area contributed by atoms with E-state index in [1.807, 2.05) is 25.1 Å². The number of hydrogen-bond acceptors (Lipinski definition) is 3. The third-order valence-corrected chi connectivity index (χ3v) is 6.20. The Morgan fingerprint density at radius 3 is 2.63 bits per heavy atom. The van der Waals surface area contributed by atoms with Crippen molar-refractivity contribution in [3.05, 3.63) is 75.0 Å². The summed E-state index contributed by atoms with van der Waals surface area (Å²) in [6, 6.07) is 11.8. The van der Waals surface area contributed by atoms with E-state index in [9.17, 15) is 14.0 Å². The van der Waals surface area contributed by atoms with Crippen LogP contribution in [-0.2, 0) is 17.8 Å². The third-order valence-electron chi connectivity index (χ3n) is 5.85. The highest BCUT2D eigenvalue weighted by Gasteiger charge is 2.25. The molecule has 1 aromatic heterocycles. The van der Waals surface area contributed by atoms with E-state index in [1.165, 1.54) is 12.1 Å². The van der Waals surface area contributed by atoms with Crippen molar-refractivity contribution in [2.75, 3.05) is 13.1 Å². The van der Waals surface area contributed by atoms with Gasteiger partial charge in [-0.1, -0.05) is 29.8 Å². The number of carbonyl (C=O) groups excluding carboxylic acids is 1. The maximum Gasteiger partial charge on any atom is 0.261 e. The van der Waals surface area contributed by atoms with Crippen molar-refractivity contribution in [1.82, 2.24) is 14.5 Å². The molecule has 1 fully saturated rings. The van der Waals surface area contributed by atoms with Gasteiger partial charge in [-0.05, 0) is 49.9 Å². The zero-order valence-electron chi connectivity index (χ0n) is 16.8. The van der Waals surface area contributed by atoms with E-state index in [2.05, 4.69) is 4.98 Å². The summed E-state index contributed by atoms with van der Waals surface area (Å²) in [5.41, 5.74) is 0.935. The second-order valence-corrected chi connectivity index (χ2v) is 8.20. The van der Waals surface area contributed by atoms with Crippen LogP contribution in [0.4, 0.5) is 4.39 Å². The first-order chi connectivity index (χ1) is 14.4. The molecule has 5 nitrogen and oxygen atoms in total. The number of halogens is 2. The molecule has 1 aliphatic rings. The summed E-state index contributed by atoms with van der Waals surface area (Å²) in [6.07, 6.45) is 1.54. The van der Waals surface area contributed by atoms with Gasteiger partial charge in [0, 0.05) is 30.2 Å². The molecule has 3 aromatic rings. The summed E-state index contributed by atoms with van der Waals surface area (Å²) >= 11 is 6.05. The van der Waals surface area contributed by atoms with Crippen molar-refractivity contribution >= 4 is 28.4 Å².